The first-order valence-corrected chi connectivity index (χ1v) is 8.62. The van der Waals surface area contributed by atoms with Crippen LogP contribution in [0.25, 0.3) is 0 Å². The zero-order valence-electron chi connectivity index (χ0n) is 10.4. The minimum absolute atomic E-state index is 0.0512. The van der Waals surface area contributed by atoms with Gasteiger partial charge in [0.05, 0.1) is 4.90 Å². The summed E-state index contributed by atoms with van der Waals surface area (Å²) in [7, 11) is -1.61. The Kier molecular flexibility index (Phi) is 4.37. The fraction of sp³-hybridized carbons (Fsp3) is 0.636. The monoisotopic (exact) mass is 289 g/mol. The van der Waals surface area contributed by atoms with Gasteiger partial charge in [0, 0.05) is 37.3 Å². The van der Waals surface area contributed by atoms with E-state index < -0.39 is 10.0 Å². The first kappa shape index (κ1) is 13.9. The van der Waals surface area contributed by atoms with Crippen molar-refractivity contribution in [3.8, 4) is 0 Å². The van der Waals surface area contributed by atoms with Crippen LogP contribution in [0, 0.1) is 0 Å². The number of nitrogens with one attached hydrogen (secondary N) is 1. The van der Waals surface area contributed by atoms with Gasteiger partial charge in [-0.3, -0.25) is 0 Å². The minimum Gasteiger partial charge on any atom is -0.352 e. The molecule has 1 unspecified atom stereocenters. The number of hydrogen-bond donors (Lipinski definition) is 2. The molecule has 1 aromatic heterocycles. The smallest absolute Gasteiger partial charge is 0.242 e. The second-order valence-electron chi connectivity index (χ2n) is 4.52. The molecule has 3 N–H and O–H groups in total. The predicted molar refractivity (Wildman–Crippen MR) is 74.0 cm³/mol. The van der Waals surface area contributed by atoms with E-state index in [-0.39, 0.29) is 6.04 Å². The number of aromatic nitrogens is 1. The van der Waals surface area contributed by atoms with Crippen LogP contribution in [0.2, 0.25) is 0 Å². The fourth-order valence-electron chi connectivity index (χ4n) is 2.05. The van der Waals surface area contributed by atoms with Gasteiger partial charge >= 0.3 is 0 Å². The molecule has 0 aromatic carbocycles. The van der Waals surface area contributed by atoms with Crippen LogP contribution in [-0.2, 0) is 23.6 Å². The second-order valence-corrected chi connectivity index (χ2v) is 7.38. The van der Waals surface area contributed by atoms with Crippen molar-refractivity contribution in [3.05, 3.63) is 18.0 Å². The molecule has 7 heteroatoms. The van der Waals surface area contributed by atoms with Crippen LogP contribution in [0.3, 0.4) is 0 Å². The van der Waals surface area contributed by atoms with Crippen molar-refractivity contribution in [1.82, 2.24) is 9.29 Å². The number of sulfonamides is 1. The van der Waals surface area contributed by atoms with Crippen molar-refractivity contribution in [2.24, 2.45) is 12.8 Å². The summed E-state index contributed by atoms with van der Waals surface area (Å²) in [5.41, 5.74) is 6.37. The van der Waals surface area contributed by atoms with E-state index in [1.165, 1.54) is 0 Å². The summed E-state index contributed by atoms with van der Waals surface area (Å²) in [6, 6.07) is 1.69. The lowest BCUT2D eigenvalue weighted by Crippen LogP contribution is -2.38. The van der Waals surface area contributed by atoms with Gasteiger partial charge in [-0.05, 0) is 24.7 Å². The average molecular weight is 289 g/mol. The largest absolute Gasteiger partial charge is 0.352 e. The molecule has 2 rings (SSSR count). The van der Waals surface area contributed by atoms with Crippen LogP contribution < -0.4 is 10.5 Å². The molecule has 0 aliphatic carbocycles. The van der Waals surface area contributed by atoms with E-state index in [0.29, 0.717) is 11.4 Å². The summed E-state index contributed by atoms with van der Waals surface area (Å²) in [6.07, 6.45) is 3.60. The third-order valence-electron chi connectivity index (χ3n) is 3.08. The van der Waals surface area contributed by atoms with Gasteiger partial charge in [0.2, 0.25) is 10.0 Å². The molecule has 2 heterocycles. The second kappa shape index (κ2) is 5.64. The first-order valence-electron chi connectivity index (χ1n) is 5.98. The number of hydrogen-bond acceptors (Lipinski definition) is 4. The molecule has 1 atom stereocenters. The molecule has 5 nitrogen and oxygen atoms in total. The van der Waals surface area contributed by atoms with Gasteiger partial charge in [0.1, 0.15) is 0 Å². The lowest BCUT2D eigenvalue weighted by molar-refractivity contribution is 0.543. The zero-order chi connectivity index (χ0) is 13.2. The van der Waals surface area contributed by atoms with Gasteiger partial charge in [-0.1, -0.05) is 0 Å². The first-order chi connectivity index (χ1) is 8.53. The van der Waals surface area contributed by atoms with Crippen molar-refractivity contribution in [3.63, 3.8) is 0 Å². The quantitative estimate of drug-likeness (QED) is 0.853. The minimum atomic E-state index is -3.41. The summed E-state index contributed by atoms with van der Waals surface area (Å²) in [5.74, 6) is 1.98. The van der Waals surface area contributed by atoms with E-state index in [0.717, 1.165) is 30.0 Å². The van der Waals surface area contributed by atoms with E-state index in [1.807, 2.05) is 0 Å². The SMILES string of the molecule is Cn1cc(S(=O)(=O)NC2CCCSC2)cc1CN. The van der Waals surface area contributed by atoms with Crippen LogP contribution in [0.1, 0.15) is 18.5 Å². The zero-order valence-corrected chi connectivity index (χ0v) is 12.1. The van der Waals surface area contributed by atoms with Gasteiger partial charge in [0.25, 0.3) is 0 Å². The fourth-order valence-corrected chi connectivity index (χ4v) is 4.59. The molecule has 18 heavy (non-hydrogen) atoms. The number of rotatable bonds is 4. The maximum absolute atomic E-state index is 12.2. The van der Waals surface area contributed by atoms with Gasteiger partial charge < -0.3 is 10.3 Å². The Morgan fingerprint density at radius 3 is 2.94 bits per heavy atom. The maximum atomic E-state index is 12.2. The molecule has 1 aromatic rings. The van der Waals surface area contributed by atoms with E-state index in [2.05, 4.69) is 4.72 Å². The Balaban J connectivity index is 2.13. The Morgan fingerprint density at radius 2 is 2.39 bits per heavy atom. The average Bonchev–Trinajstić information content (AvgIpc) is 2.72. The molecule has 0 spiro atoms. The Labute approximate surface area is 112 Å². The topological polar surface area (TPSA) is 77.1 Å². The summed E-state index contributed by atoms with van der Waals surface area (Å²) in [5, 5.41) is 0. The molecule has 1 aliphatic rings. The third-order valence-corrected chi connectivity index (χ3v) is 5.79. The normalized spacial score (nSPS) is 21.1. The van der Waals surface area contributed by atoms with E-state index in [4.69, 9.17) is 5.73 Å². The number of nitrogens with zero attached hydrogens (tertiary/aromatic N) is 1. The van der Waals surface area contributed by atoms with E-state index >= 15 is 0 Å². The highest BCUT2D eigenvalue weighted by Crippen LogP contribution is 2.20. The third kappa shape index (κ3) is 3.09. The molecule has 102 valence electrons. The number of nitrogens with two attached hydrogens (primary N) is 1. The summed E-state index contributed by atoms with van der Waals surface area (Å²) in [6.45, 7) is 0.339. The lowest BCUT2D eigenvalue weighted by Gasteiger charge is -2.21. The maximum Gasteiger partial charge on any atom is 0.242 e. The van der Waals surface area contributed by atoms with Crippen LogP contribution in [0.5, 0.6) is 0 Å². The molecule has 0 radical (unpaired) electrons. The Morgan fingerprint density at radius 1 is 1.61 bits per heavy atom. The number of aryl methyl sites for hydroxylation is 1. The lowest BCUT2D eigenvalue weighted by atomic mass is 10.2. The van der Waals surface area contributed by atoms with Crippen LogP contribution in [0.4, 0.5) is 0 Å². The summed E-state index contributed by atoms with van der Waals surface area (Å²) < 4.78 is 28.9. The summed E-state index contributed by atoms with van der Waals surface area (Å²) >= 11 is 1.80. The van der Waals surface area contributed by atoms with E-state index in [9.17, 15) is 8.42 Å². The van der Waals surface area contributed by atoms with Crippen LogP contribution >= 0.6 is 11.8 Å². The Hall–Kier alpha value is -0.500. The standard InChI is InChI=1S/C11H19N3O2S2/c1-14-7-11(5-10(14)6-12)18(15,16)13-9-3-2-4-17-8-9/h5,7,9,13H,2-4,6,8,12H2,1H3. The highest BCUT2D eigenvalue weighted by Gasteiger charge is 2.23. The van der Waals surface area contributed by atoms with Gasteiger partial charge in [-0.15, -0.1) is 0 Å². The molecule has 0 bridgehead atoms. The predicted octanol–water partition coefficient (Wildman–Crippen LogP) is 0.658. The van der Waals surface area contributed by atoms with Crippen LogP contribution in [-0.4, -0.2) is 30.5 Å². The van der Waals surface area contributed by atoms with Crippen molar-refractivity contribution in [2.45, 2.75) is 30.3 Å². The summed E-state index contributed by atoms with van der Waals surface area (Å²) in [4.78, 5) is 0.307. The highest BCUT2D eigenvalue weighted by molar-refractivity contribution is 7.99. The molecule has 0 amide bonds. The molecule has 0 saturated carbocycles. The molecule has 1 aliphatic heterocycles. The number of thioether (sulfide) groups is 1. The van der Waals surface area contributed by atoms with Gasteiger partial charge in [-0.25, -0.2) is 13.1 Å². The molecule has 1 saturated heterocycles. The van der Waals surface area contributed by atoms with Crippen molar-refractivity contribution in [2.75, 3.05) is 11.5 Å². The molecule has 1 fully saturated rings. The van der Waals surface area contributed by atoms with Crippen molar-refractivity contribution >= 4 is 21.8 Å². The molecular weight excluding hydrogens is 270 g/mol. The molecular formula is C11H19N3O2S2. The Bertz CT molecular complexity index is 504. The van der Waals surface area contributed by atoms with E-state index in [1.54, 1.807) is 35.6 Å². The highest BCUT2D eigenvalue weighted by atomic mass is 32.2. The van der Waals surface area contributed by atoms with Gasteiger partial charge in [-0.2, -0.15) is 11.8 Å². The van der Waals surface area contributed by atoms with Gasteiger partial charge in [0.15, 0.2) is 0 Å². The van der Waals surface area contributed by atoms with Crippen molar-refractivity contribution < 1.29 is 8.42 Å². The van der Waals surface area contributed by atoms with Crippen LogP contribution in [0.15, 0.2) is 17.2 Å². The van der Waals surface area contributed by atoms with Crippen molar-refractivity contribution in [1.29, 1.82) is 0 Å².